The van der Waals surface area contributed by atoms with E-state index in [0.29, 0.717) is 51.6 Å². The lowest BCUT2D eigenvalue weighted by Crippen LogP contribution is -2.38. The molecule has 0 saturated heterocycles. The van der Waals surface area contributed by atoms with E-state index >= 15 is 0 Å². The standard InChI is InChI=1S/C25H20ClFN6O2/c1-13(2)5-19-16(8-28)24(17-10-30-32-25(17)31-19)14-3-4-21-22(6-14)35-12-23(34)33(21)11-20-18(27)7-15(26)9-29-20/h3-4,6-7,9-10,13H,5,11-12H2,1-2H3,(H,30,31,32). The highest BCUT2D eigenvalue weighted by molar-refractivity contribution is 6.30. The number of amides is 1. The fraction of sp³-hybridized carbons (Fsp3) is 0.240. The normalized spacial score (nSPS) is 13.1. The molecule has 0 unspecified atom stereocenters. The monoisotopic (exact) mass is 490 g/mol. The average molecular weight is 491 g/mol. The van der Waals surface area contributed by atoms with Crippen molar-refractivity contribution >= 4 is 34.2 Å². The maximum Gasteiger partial charge on any atom is 0.265 e. The molecule has 0 saturated carbocycles. The van der Waals surface area contributed by atoms with Gasteiger partial charge >= 0.3 is 0 Å². The van der Waals surface area contributed by atoms with E-state index in [4.69, 9.17) is 16.3 Å². The second-order valence-corrected chi connectivity index (χ2v) is 9.12. The molecule has 0 atom stereocenters. The number of H-pyrrole nitrogens is 1. The van der Waals surface area contributed by atoms with E-state index in [1.807, 2.05) is 0 Å². The van der Waals surface area contributed by atoms with E-state index in [0.717, 1.165) is 11.6 Å². The van der Waals surface area contributed by atoms with Crippen molar-refractivity contribution in [3.8, 4) is 22.9 Å². The van der Waals surface area contributed by atoms with Crippen LogP contribution in [0.3, 0.4) is 0 Å². The number of carbonyl (C=O) groups is 1. The number of fused-ring (bicyclic) bond motifs is 2. The van der Waals surface area contributed by atoms with Crippen LogP contribution in [0.15, 0.2) is 36.7 Å². The molecule has 176 valence electrons. The van der Waals surface area contributed by atoms with E-state index in [1.54, 1.807) is 24.4 Å². The van der Waals surface area contributed by atoms with Crippen LogP contribution in [-0.2, 0) is 17.8 Å². The molecule has 0 spiro atoms. The molecule has 8 nitrogen and oxygen atoms in total. The minimum absolute atomic E-state index is 0.0687. The molecule has 1 N–H and O–H groups in total. The first-order valence-corrected chi connectivity index (χ1v) is 11.4. The number of nitrogens with zero attached hydrogens (tertiary/aromatic N) is 5. The summed E-state index contributed by atoms with van der Waals surface area (Å²) in [6, 6.07) is 8.80. The maximum absolute atomic E-state index is 14.4. The molecule has 0 fully saturated rings. The summed E-state index contributed by atoms with van der Waals surface area (Å²) in [5.41, 5.74) is 3.76. The number of aromatic amines is 1. The van der Waals surface area contributed by atoms with Crippen molar-refractivity contribution in [3.05, 3.63) is 64.5 Å². The van der Waals surface area contributed by atoms with Crippen molar-refractivity contribution in [1.82, 2.24) is 20.2 Å². The van der Waals surface area contributed by atoms with E-state index in [1.165, 1.54) is 11.1 Å². The SMILES string of the molecule is CC(C)Cc1nc2[nH]ncc2c(-c2ccc3c(c2)OCC(=O)N3Cc2ncc(Cl)cc2F)c1C#N. The lowest BCUT2D eigenvalue weighted by molar-refractivity contribution is -0.121. The molecular weight excluding hydrogens is 471 g/mol. The number of anilines is 1. The van der Waals surface area contributed by atoms with Crippen molar-refractivity contribution in [2.45, 2.75) is 26.8 Å². The minimum atomic E-state index is -0.592. The van der Waals surface area contributed by atoms with Gasteiger partial charge in [-0.25, -0.2) is 9.37 Å². The largest absolute Gasteiger partial charge is 0.482 e. The number of aromatic nitrogens is 4. The Morgan fingerprint density at radius 1 is 1.29 bits per heavy atom. The number of ether oxygens (including phenoxy) is 1. The summed E-state index contributed by atoms with van der Waals surface area (Å²) in [5, 5.41) is 18.0. The van der Waals surface area contributed by atoms with Crippen molar-refractivity contribution in [3.63, 3.8) is 0 Å². The number of nitrogens with one attached hydrogen (secondary N) is 1. The summed E-state index contributed by atoms with van der Waals surface area (Å²) in [6.07, 6.45) is 3.61. The first-order chi connectivity index (χ1) is 16.9. The Bertz CT molecular complexity index is 1510. The molecule has 4 heterocycles. The summed E-state index contributed by atoms with van der Waals surface area (Å²) in [5.74, 6) is -0.166. The molecule has 3 aromatic heterocycles. The highest BCUT2D eigenvalue weighted by Gasteiger charge is 2.28. The third-order valence-corrected chi connectivity index (χ3v) is 5.98. The van der Waals surface area contributed by atoms with Crippen molar-refractivity contribution in [2.75, 3.05) is 11.5 Å². The van der Waals surface area contributed by atoms with Crippen LogP contribution < -0.4 is 9.64 Å². The van der Waals surface area contributed by atoms with Crippen LogP contribution in [-0.4, -0.2) is 32.7 Å². The quantitative estimate of drug-likeness (QED) is 0.430. The second-order valence-electron chi connectivity index (χ2n) is 8.68. The maximum atomic E-state index is 14.4. The summed E-state index contributed by atoms with van der Waals surface area (Å²) >= 11 is 5.80. The molecule has 10 heteroatoms. The molecule has 1 amide bonds. The number of hydrogen-bond donors (Lipinski definition) is 1. The van der Waals surface area contributed by atoms with Crippen LogP contribution in [0.4, 0.5) is 10.1 Å². The van der Waals surface area contributed by atoms with Crippen LogP contribution in [0.25, 0.3) is 22.2 Å². The Balaban J connectivity index is 1.60. The Morgan fingerprint density at radius 3 is 2.86 bits per heavy atom. The Hall–Kier alpha value is -4.03. The Labute approximate surface area is 205 Å². The molecule has 1 aliphatic heterocycles. The van der Waals surface area contributed by atoms with Gasteiger partial charge in [-0.1, -0.05) is 31.5 Å². The van der Waals surface area contributed by atoms with Gasteiger partial charge in [0.05, 0.1) is 40.4 Å². The summed E-state index contributed by atoms with van der Waals surface area (Å²) in [7, 11) is 0. The van der Waals surface area contributed by atoms with Gasteiger partial charge in [-0.2, -0.15) is 10.4 Å². The molecule has 1 aromatic carbocycles. The zero-order valence-corrected chi connectivity index (χ0v) is 19.7. The van der Waals surface area contributed by atoms with Gasteiger partial charge in [0, 0.05) is 17.1 Å². The molecule has 0 bridgehead atoms. The van der Waals surface area contributed by atoms with E-state index in [9.17, 15) is 14.4 Å². The number of nitriles is 1. The van der Waals surface area contributed by atoms with Gasteiger partial charge in [-0.05, 0) is 36.1 Å². The van der Waals surface area contributed by atoms with Gasteiger partial charge in [0.25, 0.3) is 5.91 Å². The van der Waals surface area contributed by atoms with E-state index in [-0.39, 0.29) is 29.8 Å². The molecule has 1 aliphatic rings. The first kappa shape index (κ1) is 22.7. The highest BCUT2D eigenvalue weighted by Crippen LogP contribution is 2.40. The van der Waals surface area contributed by atoms with Gasteiger partial charge in [0.1, 0.15) is 17.6 Å². The van der Waals surface area contributed by atoms with E-state index < -0.39 is 5.82 Å². The van der Waals surface area contributed by atoms with Gasteiger partial charge in [-0.15, -0.1) is 0 Å². The summed E-state index contributed by atoms with van der Waals surface area (Å²) in [6.45, 7) is 3.86. The predicted molar refractivity (Wildman–Crippen MR) is 128 cm³/mol. The highest BCUT2D eigenvalue weighted by atomic mass is 35.5. The average Bonchev–Trinajstić information content (AvgIpc) is 3.29. The fourth-order valence-corrected chi connectivity index (χ4v) is 4.36. The van der Waals surface area contributed by atoms with Gasteiger partial charge in [-0.3, -0.25) is 19.8 Å². The number of halogens is 2. The predicted octanol–water partition coefficient (Wildman–Crippen LogP) is 4.81. The van der Waals surface area contributed by atoms with Crippen LogP contribution in [0, 0.1) is 23.1 Å². The van der Waals surface area contributed by atoms with Crippen LogP contribution in [0.1, 0.15) is 30.8 Å². The Kier molecular flexibility index (Phi) is 5.83. The molecule has 0 aliphatic carbocycles. The molecule has 5 rings (SSSR count). The van der Waals surface area contributed by atoms with Crippen LogP contribution in [0.2, 0.25) is 5.02 Å². The van der Waals surface area contributed by atoms with Gasteiger partial charge in [0.15, 0.2) is 12.3 Å². The number of carbonyl (C=O) groups excluding carboxylic acids is 1. The van der Waals surface area contributed by atoms with Crippen LogP contribution in [0.5, 0.6) is 5.75 Å². The molecule has 4 aromatic rings. The van der Waals surface area contributed by atoms with Gasteiger partial charge in [0.2, 0.25) is 0 Å². The van der Waals surface area contributed by atoms with Crippen molar-refractivity contribution in [2.24, 2.45) is 5.92 Å². The number of hydrogen-bond acceptors (Lipinski definition) is 6. The zero-order valence-electron chi connectivity index (χ0n) is 19.0. The number of rotatable bonds is 5. The van der Waals surface area contributed by atoms with Crippen LogP contribution >= 0.6 is 11.6 Å². The Morgan fingerprint density at radius 2 is 2.11 bits per heavy atom. The van der Waals surface area contributed by atoms with Crippen molar-refractivity contribution < 1.29 is 13.9 Å². The third-order valence-electron chi connectivity index (χ3n) is 5.77. The zero-order chi connectivity index (χ0) is 24.7. The third kappa shape index (κ3) is 4.17. The lowest BCUT2D eigenvalue weighted by atomic mass is 9.93. The summed E-state index contributed by atoms with van der Waals surface area (Å²) in [4.78, 5) is 22.7. The van der Waals surface area contributed by atoms with Gasteiger partial charge < -0.3 is 4.74 Å². The van der Waals surface area contributed by atoms with Crippen molar-refractivity contribution in [1.29, 1.82) is 5.26 Å². The lowest BCUT2D eigenvalue weighted by Gasteiger charge is -2.29. The summed E-state index contributed by atoms with van der Waals surface area (Å²) < 4.78 is 20.1. The topological polar surface area (TPSA) is 108 Å². The second kappa shape index (κ2) is 8.96. The molecule has 0 radical (unpaired) electrons. The minimum Gasteiger partial charge on any atom is -0.482 e. The number of pyridine rings is 2. The fourth-order valence-electron chi connectivity index (χ4n) is 4.21. The van der Waals surface area contributed by atoms with E-state index in [2.05, 4.69) is 40.1 Å². The molecular formula is C25H20ClFN6O2. The molecule has 35 heavy (non-hydrogen) atoms. The smallest absolute Gasteiger partial charge is 0.265 e. The first-order valence-electron chi connectivity index (χ1n) is 11.0. The number of benzene rings is 1.